The molecule has 0 bridgehead atoms. The van der Waals surface area contributed by atoms with Gasteiger partial charge < -0.3 is 19.5 Å². The third-order valence-corrected chi connectivity index (χ3v) is 1.78. The highest BCUT2D eigenvalue weighted by Gasteiger charge is 2.28. The van der Waals surface area contributed by atoms with Crippen LogP contribution >= 0.6 is 0 Å². The van der Waals surface area contributed by atoms with Gasteiger partial charge in [-0.2, -0.15) is 13.2 Å². The topological polar surface area (TPSA) is 59.0 Å². The summed E-state index contributed by atoms with van der Waals surface area (Å²) in [6.45, 7) is -1.91. The number of aliphatic hydroxyl groups excluding tert-OH is 1. The molecule has 5 nitrogen and oxygen atoms in total. The van der Waals surface area contributed by atoms with E-state index in [2.05, 4.69) is 4.74 Å². The highest BCUT2D eigenvalue weighted by molar-refractivity contribution is 5.77. The second kappa shape index (κ2) is 8.26. The fourth-order valence-electron chi connectivity index (χ4n) is 1.03. The van der Waals surface area contributed by atoms with E-state index < -0.39 is 25.3 Å². The normalized spacial score (nSPS) is 11.6. The molecule has 0 fully saturated rings. The van der Waals surface area contributed by atoms with Gasteiger partial charge in [-0.3, -0.25) is 4.79 Å². The molecule has 0 aromatic carbocycles. The molecule has 17 heavy (non-hydrogen) atoms. The van der Waals surface area contributed by atoms with E-state index in [9.17, 15) is 18.0 Å². The van der Waals surface area contributed by atoms with Gasteiger partial charge in [0.25, 0.3) is 0 Å². The number of amides is 1. The number of methoxy groups -OCH3 is 1. The van der Waals surface area contributed by atoms with E-state index in [1.165, 1.54) is 12.0 Å². The number of hydrogen-bond acceptors (Lipinski definition) is 4. The Hall–Kier alpha value is -0.860. The van der Waals surface area contributed by atoms with Gasteiger partial charge in [-0.15, -0.1) is 0 Å². The quantitative estimate of drug-likeness (QED) is 0.668. The average Bonchev–Trinajstić information content (AvgIpc) is 2.22. The molecular weight excluding hydrogens is 243 g/mol. The van der Waals surface area contributed by atoms with Crippen molar-refractivity contribution in [2.45, 2.75) is 6.18 Å². The maximum absolute atomic E-state index is 11.7. The molecule has 1 N–H and O–H groups in total. The molecule has 0 rings (SSSR count). The van der Waals surface area contributed by atoms with Gasteiger partial charge in [-0.1, -0.05) is 0 Å². The summed E-state index contributed by atoms with van der Waals surface area (Å²) in [5, 5.41) is 8.68. The van der Waals surface area contributed by atoms with Crippen LogP contribution < -0.4 is 0 Å². The SMILES string of the molecule is COCCN(CCO)C(=O)COCC(F)(F)F. The highest BCUT2D eigenvalue weighted by Crippen LogP contribution is 2.14. The van der Waals surface area contributed by atoms with Crippen LogP contribution in [0.4, 0.5) is 13.2 Å². The van der Waals surface area contributed by atoms with Gasteiger partial charge in [0.1, 0.15) is 13.2 Å². The molecule has 102 valence electrons. The van der Waals surface area contributed by atoms with Crippen molar-refractivity contribution >= 4 is 5.91 Å². The number of ether oxygens (including phenoxy) is 2. The number of nitrogens with zero attached hydrogens (tertiary/aromatic N) is 1. The smallest absolute Gasteiger partial charge is 0.395 e. The van der Waals surface area contributed by atoms with Crippen LogP contribution in [0.2, 0.25) is 0 Å². The van der Waals surface area contributed by atoms with Crippen molar-refractivity contribution in [3.63, 3.8) is 0 Å². The molecule has 0 saturated heterocycles. The summed E-state index contributed by atoms with van der Waals surface area (Å²) in [5.74, 6) is -0.611. The first-order valence-electron chi connectivity index (χ1n) is 4.92. The van der Waals surface area contributed by atoms with Crippen molar-refractivity contribution < 1.29 is 32.5 Å². The Morgan fingerprint density at radius 1 is 1.35 bits per heavy atom. The van der Waals surface area contributed by atoms with Crippen molar-refractivity contribution in [1.29, 1.82) is 0 Å². The van der Waals surface area contributed by atoms with Gasteiger partial charge in [0.2, 0.25) is 5.91 Å². The molecule has 1 amide bonds. The number of rotatable bonds is 8. The molecule has 0 aliphatic rings. The van der Waals surface area contributed by atoms with Gasteiger partial charge in [-0.05, 0) is 0 Å². The van der Waals surface area contributed by atoms with E-state index in [1.54, 1.807) is 0 Å². The summed E-state index contributed by atoms with van der Waals surface area (Å²) in [6.07, 6.45) is -4.45. The molecule has 0 aromatic heterocycles. The number of halogens is 3. The molecule has 0 heterocycles. The maximum atomic E-state index is 11.7. The van der Waals surface area contributed by atoms with Crippen molar-refractivity contribution in [1.82, 2.24) is 4.90 Å². The van der Waals surface area contributed by atoms with Crippen LogP contribution in [0.5, 0.6) is 0 Å². The predicted molar refractivity (Wildman–Crippen MR) is 52.4 cm³/mol. The fourth-order valence-corrected chi connectivity index (χ4v) is 1.03. The van der Waals surface area contributed by atoms with Gasteiger partial charge in [0, 0.05) is 20.2 Å². The molecule has 0 aliphatic carbocycles. The van der Waals surface area contributed by atoms with Crippen LogP contribution in [0, 0.1) is 0 Å². The Morgan fingerprint density at radius 3 is 2.47 bits per heavy atom. The Labute approximate surface area is 97.1 Å². The van der Waals surface area contributed by atoms with Gasteiger partial charge in [-0.25, -0.2) is 0 Å². The van der Waals surface area contributed by atoms with Gasteiger partial charge >= 0.3 is 6.18 Å². The molecule has 0 aliphatic heterocycles. The molecule has 0 atom stereocenters. The summed E-state index contributed by atoms with van der Waals surface area (Å²) in [5.41, 5.74) is 0. The third kappa shape index (κ3) is 8.90. The van der Waals surface area contributed by atoms with Crippen molar-refractivity contribution in [2.75, 3.05) is 46.6 Å². The minimum absolute atomic E-state index is 0.0393. The van der Waals surface area contributed by atoms with E-state index in [0.717, 1.165) is 0 Å². The number of carbonyl (C=O) groups is 1. The largest absolute Gasteiger partial charge is 0.411 e. The van der Waals surface area contributed by atoms with Gasteiger partial charge in [0.05, 0.1) is 13.2 Å². The Bertz CT molecular complexity index is 223. The van der Waals surface area contributed by atoms with Crippen LogP contribution in [-0.2, 0) is 14.3 Å². The highest BCUT2D eigenvalue weighted by atomic mass is 19.4. The Kier molecular flexibility index (Phi) is 7.85. The molecule has 0 saturated carbocycles. The Balaban J connectivity index is 3.96. The molecule has 0 radical (unpaired) electrons. The fraction of sp³-hybridized carbons (Fsp3) is 0.889. The second-order valence-electron chi connectivity index (χ2n) is 3.21. The minimum atomic E-state index is -4.45. The van der Waals surface area contributed by atoms with Crippen LogP contribution in [0.15, 0.2) is 0 Å². The second-order valence-corrected chi connectivity index (χ2v) is 3.21. The van der Waals surface area contributed by atoms with Crippen LogP contribution in [-0.4, -0.2) is 68.7 Å². The van der Waals surface area contributed by atoms with Gasteiger partial charge in [0.15, 0.2) is 0 Å². The number of aliphatic hydroxyl groups is 1. The summed E-state index contributed by atoms with van der Waals surface area (Å²) >= 11 is 0. The number of carbonyl (C=O) groups excluding carboxylic acids is 1. The van der Waals surface area contributed by atoms with Crippen LogP contribution in [0.1, 0.15) is 0 Å². The van der Waals surface area contributed by atoms with Crippen molar-refractivity contribution in [3.05, 3.63) is 0 Å². The molecular formula is C9H16F3NO4. The predicted octanol–water partition coefficient (Wildman–Crippen LogP) is 0.0326. The molecule has 0 spiro atoms. The zero-order chi connectivity index (χ0) is 13.3. The molecule has 0 aromatic rings. The molecule has 8 heteroatoms. The summed E-state index contributed by atoms with van der Waals surface area (Å²) in [6, 6.07) is 0. The van der Waals surface area contributed by atoms with Crippen molar-refractivity contribution in [2.24, 2.45) is 0 Å². The summed E-state index contributed by atoms with van der Waals surface area (Å²) in [4.78, 5) is 12.6. The Morgan fingerprint density at radius 2 is 2.00 bits per heavy atom. The molecule has 0 unspecified atom stereocenters. The monoisotopic (exact) mass is 259 g/mol. The van der Waals surface area contributed by atoms with E-state index in [0.29, 0.717) is 0 Å². The lowest BCUT2D eigenvalue weighted by Gasteiger charge is -2.21. The standard InChI is InChI=1S/C9H16F3NO4/c1-16-5-3-13(2-4-14)8(15)6-17-7-9(10,11)12/h14H,2-7H2,1H3. The number of hydrogen-bond donors (Lipinski definition) is 1. The maximum Gasteiger partial charge on any atom is 0.411 e. The first-order valence-corrected chi connectivity index (χ1v) is 4.92. The van der Waals surface area contributed by atoms with E-state index in [4.69, 9.17) is 9.84 Å². The first kappa shape index (κ1) is 16.1. The van der Waals surface area contributed by atoms with E-state index in [1.807, 2.05) is 0 Å². The zero-order valence-corrected chi connectivity index (χ0v) is 9.50. The number of alkyl halides is 3. The van der Waals surface area contributed by atoms with E-state index in [-0.39, 0.29) is 26.3 Å². The first-order chi connectivity index (χ1) is 7.90. The zero-order valence-electron chi connectivity index (χ0n) is 9.50. The average molecular weight is 259 g/mol. The lowest BCUT2D eigenvalue weighted by molar-refractivity contribution is -0.178. The summed E-state index contributed by atoms with van der Waals surface area (Å²) < 4.78 is 44.2. The summed E-state index contributed by atoms with van der Waals surface area (Å²) in [7, 11) is 1.43. The minimum Gasteiger partial charge on any atom is -0.395 e. The van der Waals surface area contributed by atoms with E-state index >= 15 is 0 Å². The lowest BCUT2D eigenvalue weighted by Crippen LogP contribution is -2.39. The van der Waals surface area contributed by atoms with Crippen LogP contribution in [0.3, 0.4) is 0 Å². The van der Waals surface area contributed by atoms with Crippen LogP contribution in [0.25, 0.3) is 0 Å². The third-order valence-electron chi connectivity index (χ3n) is 1.78. The lowest BCUT2D eigenvalue weighted by atomic mass is 10.4. The van der Waals surface area contributed by atoms with Crippen molar-refractivity contribution in [3.8, 4) is 0 Å².